The lowest BCUT2D eigenvalue weighted by Crippen LogP contribution is -2.62. The van der Waals surface area contributed by atoms with Crippen molar-refractivity contribution in [3.05, 3.63) is 0 Å². The molecule has 0 aromatic carbocycles. The van der Waals surface area contributed by atoms with E-state index in [4.69, 9.17) is 5.11 Å². The maximum atomic E-state index is 10.8. The van der Waals surface area contributed by atoms with E-state index in [9.17, 15) is 4.79 Å². The van der Waals surface area contributed by atoms with E-state index >= 15 is 0 Å². The number of carboxylic acids is 1. The second-order valence-corrected chi connectivity index (χ2v) is 4.16. The lowest BCUT2D eigenvalue weighted by Gasteiger charge is -2.50. The largest absolute Gasteiger partial charge is 0.480 e. The van der Waals surface area contributed by atoms with E-state index in [-0.39, 0.29) is 5.41 Å². The number of likely N-dealkylation sites (N-methyl/N-ethyl adjacent to an activating group) is 1. The predicted molar refractivity (Wildman–Crippen MR) is 42.4 cm³/mol. The fourth-order valence-electron chi connectivity index (χ4n) is 2.02. The summed E-state index contributed by atoms with van der Waals surface area (Å²) in [6, 6.07) is 0. The molecule has 0 aromatic heterocycles. The van der Waals surface area contributed by atoms with Crippen molar-refractivity contribution < 1.29 is 9.90 Å². The lowest BCUT2D eigenvalue weighted by atomic mass is 9.59. The van der Waals surface area contributed by atoms with Crippen LogP contribution in [0.15, 0.2) is 0 Å². The minimum Gasteiger partial charge on any atom is -0.480 e. The molecule has 64 valence electrons. The minimum absolute atomic E-state index is 0.196. The Kier molecular flexibility index (Phi) is 1.71. The fourth-order valence-corrected chi connectivity index (χ4v) is 2.02. The molecule has 0 bridgehead atoms. The Morgan fingerprint density at radius 1 is 1.45 bits per heavy atom. The summed E-state index contributed by atoms with van der Waals surface area (Å²) in [5, 5.41) is 11.7. The van der Waals surface area contributed by atoms with E-state index in [1.54, 1.807) is 7.05 Å². The van der Waals surface area contributed by atoms with Crippen molar-refractivity contribution >= 4 is 5.97 Å². The highest BCUT2D eigenvalue weighted by Crippen LogP contribution is 2.47. The van der Waals surface area contributed by atoms with Gasteiger partial charge in [0.25, 0.3) is 0 Å². The topological polar surface area (TPSA) is 49.3 Å². The summed E-state index contributed by atoms with van der Waals surface area (Å²) < 4.78 is 0. The molecule has 0 heterocycles. The van der Waals surface area contributed by atoms with Crippen LogP contribution in [-0.4, -0.2) is 23.7 Å². The molecule has 0 spiro atoms. The third-order valence-electron chi connectivity index (χ3n) is 2.45. The van der Waals surface area contributed by atoms with E-state index in [1.165, 1.54) is 0 Å². The van der Waals surface area contributed by atoms with Crippen LogP contribution in [0.5, 0.6) is 0 Å². The third-order valence-corrected chi connectivity index (χ3v) is 2.45. The summed E-state index contributed by atoms with van der Waals surface area (Å²) >= 11 is 0. The molecule has 1 aliphatic rings. The number of aliphatic carboxylic acids is 1. The molecule has 1 rings (SSSR count). The zero-order valence-corrected chi connectivity index (χ0v) is 7.27. The molecule has 3 heteroatoms. The van der Waals surface area contributed by atoms with Crippen molar-refractivity contribution in [3.63, 3.8) is 0 Å². The molecule has 1 aliphatic carbocycles. The first-order valence-corrected chi connectivity index (χ1v) is 3.84. The van der Waals surface area contributed by atoms with Gasteiger partial charge in [0.05, 0.1) is 0 Å². The van der Waals surface area contributed by atoms with Gasteiger partial charge in [-0.2, -0.15) is 0 Å². The monoisotopic (exact) mass is 157 g/mol. The SMILES string of the molecule is CNC1(C(=O)O)CC(C)(C)C1. The van der Waals surface area contributed by atoms with Crippen molar-refractivity contribution in [2.24, 2.45) is 5.41 Å². The quantitative estimate of drug-likeness (QED) is 0.624. The van der Waals surface area contributed by atoms with Gasteiger partial charge >= 0.3 is 5.97 Å². The first-order valence-electron chi connectivity index (χ1n) is 3.84. The maximum absolute atomic E-state index is 10.8. The lowest BCUT2D eigenvalue weighted by molar-refractivity contribution is -0.154. The first-order chi connectivity index (χ1) is 4.92. The molecule has 0 atom stereocenters. The van der Waals surface area contributed by atoms with Crippen LogP contribution in [0, 0.1) is 5.41 Å². The number of hydrogen-bond acceptors (Lipinski definition) is 2. The zero-order chi connectivity index (χ0) is 8.70. The van der Waals surface area contributed by atoms with E-state index in [0.29, 0.717) is 0 Å². The molecular weight excluding hydrogens is 142 g/mol. The van der Waals surface area contributed by atoms with Crippen LogP contribution < -0.4 is 5.32 Å². The number of carboxylic acid groups (broad SMARTS) is 1. The normalized spacial score (nSPS) is 25.7. The standard InChI is InChI=1S/C8H15NO2/c1-7(2)4-8(5-7,9-3)6(10)11/h9H,4-5H2,1-3H3,(H,10,11). The van der Waals surface area contributed by atoms with Gasteiger partial charge in [0.15, 0.2) is 0 Å². The van der Waals surface area contributed by atoms with Crippen molar-refractivity contribution in [2.75, 3.05) is 7.05 Å². The molecule has 1 saturated carbocycles. The zero-order valence-electron chi connectivity index (χ0n) is 7.27. The molecule has 1 fully saturated rings. The van der Waals surface area contributed by atoms with Crippen LogP contribution in [0.25, 0.3) is 0 Å². The second kappa shape index (κ2) is 2.21. The summed E-state index contributed by atoms with van der Waals surface area (Å²) in [5.74, 6) is -0.723. The molecule has 0 unspecified atom stereocenters. The van der Waals surface area contributed by atoms with Gasteiger partial charge in [-0.15, -0.1) is 0 Å². The Bertz CT molecular complexity index is 179. The van der Waals surface area contributed by atoms with Crippen LogP contribution in [0.2, 0.25) is 0 Å². The Balaban J connectivity index is 2.64. The molecule has 0 aliphatic heterocycles. The Morgan fingerprint density at radius 3 is 2.00 bits per heavy atom. The maximum Gasteiger partial charge on any atom is 0.323 e. The van der Waals surface area contributed by atoms with Gasteiger partial charge in [-0.3, -0.25) is 4.79 Å². The van der Waals surface area contributed by atoms with E-state index in [0.717, 1.165) is 12.8 Å². The van der Waals surface area contributed by atoms with Gasteiger partial charge in [0, 0.05) is 0 Å². The number of rotatable bonds is 2. The van der Waals surface area contributed by atoms with Gasteiger partial charge in [-0.25, -0.2) is 0 Å². The highest BCUT2D eigenvalue weighted by Gasteiger charge is 2.53. The van der Waals surface area contributed by atoms with Gasteiger partial charge in [0.2, 0.25) is 0 Å². The first kappa shape index (κ1) is 8.53. The highest BCUT2D eigenvalue weighted by molar-refractivity contribution is 5.80. The van der Waals surface area contributed by atoms with Crippen molar-refractivity contribution in [3.8, 4) is 0 Å². The van der Waals surface area contributed by atoms with Crippen molar-refractivity contribution in [1.82, 2.24) is 5.32 Å². The number of nitrogens with one attached hydrogen (secondary N) is 1. The molecule has 0 aromatic rings. The summed E-state index contributed by atoms with van der Waals surface area (Å²) in [6.07, 6.45) is 1.46. The second-order valence-electron chi connectivity index (χ2n) is 4.16. The third kappa shape index (κ3) is 1.25. The van der Waals surface area contributed by atoms with Gasteiger partial charge in [-0.05, 0) is 25.3 Å². The van der Waals surface area contributed by atoms with Crippen LogP contribution in [0.4, 0.5) is 0 Å². The van der Waals surface area contributed by atoms with Crippen LogP contribution >= 0.6 is 0 Å². The van der Waals surface area contributed by atoms with Crippen molar-refractivity contribution in [2.45, 2.75) is 32.2 Å². The van der Waals surface area contributed by atoms with E-state index in [1.807, 2.05) is 0 Å². The van der Waals surface area contributed by atoms with Crippen LogP contribution in [-0.2, 0) is 4.79 Å². The van der Waals surface area contributed by atoms with Crippen molar-refractivity contribution in [1.29, 1.82) is 0 Å². The number of hydrogen-bond donors (Lipinski definition) is 2. The Labute approximate surface area is 66.8 Å². The molecule has 3 nitrogen and oxygen atoms in total. The molecule has 0 saturated heterocycles. The fraction of sp³-hybridized carbons (Fsp3) is 0.875. The molecule has 0 amide bonds. The van der Waals surface area contributed by atoms with E-state index in [2.05, 4.69) is 19.2 Å². The van der Waals surface area contributed by atoms with Crippen LogP contribution in [0.1, 0.15) is 26.7 Å². The molecule has 11 heavy (non-hydrogen) atoms. The summed E-state index contributed by atoms with van der Waals surface area (Å²) in [6.45, 7) is 4.18. The minimum atomic E-state index is -0.723. The van der Waals surface area contributed by atoms with Gasteiger partial charge in [0.1, 0.15) is 5.54 Å². The summed E-state index contributed by atoms with van der Waals surface area (Å²) in [7, 11) is 1.71. The van der Waals surface area contributed by atoms with E-state index < -0.39 is 11.5 Å². The average Bonchev–Trinajstić information content (AvgIpc) is 1.81. The Morgan fingerprint density at radius 2 is 1.91 bits per heavy atom. The van der Waals surface area contributed by atoms with Crippen LogP contribution in [0.3, 0.4) is 0 Å². The summed E-state index contributed by atoms with van der Waals surface area (Å²) in [5.41, 5.74) is -0.440. The van der Waals surface area contributed by atoms with Gasteiger partial charge < -0.3 is 10.4 Å². The molecule has 0 radical (unpaired) electrons. The van der Waals surface area contributed by atoms with Gasteiger partial charge in [-0.1, -0.05) is 13.8 Å². The molecular formula is C8H15NO2. The summed E-state index contributed by atoms with van der Waals surface area (Å²) in [4.78, 5) is 10.8. The number of carbonyl (C=O) groups is 1. The Hall–Kier alpha value is -0.570. The highest BCUT2D eigenvalue weighted by atomic mass is 16.4. The average molecular weight is 157 g/mol. The smallest absolute Gasteiger partial charge is 0.323 e. The predicted octanol–water partition coefficient (Wildman–Crippen LogP) is 0.849. The molecule has 2 N–H and O–H groups in total.